The van der Waals surface area contributed by atoms with Gasteiger partial charge in [0.25, 0.3) is 0 Å². The molecule has 1 saturated carbocycles. The van der Waals surface area contributed by atoms with E-state index in [4.69, 9.17) is 4.74 Å². The zero-order valence-corrected chi connectivity index (χ0v) is 10.5. The van der Waals surface area contributed by atoms with Gasteiger partial charge in [0, 0.05) is 25.2 Å². The van der Waals surface area contributed by atoms with Crippen molar-refractivity contribution in [1.29, 1.82) is 0 Å². The van der Waals surface area contributed by atoms with Crippen molar-refractivity contribution in [2.24, 2.45) is 0 Å². The third-order valence-corrected chi connectivity index (χ3v) is 3.52. The molecule has 16 heavy (non-hydrogen) atoms. The van der Waals surface area contributed by atoms with Crippen LogP contribution in [-0.2, 0) is 4.74 Å². The first-order chi connectivity index (χ1) is 7.84. The predicted molar refractivity (Wildman–Crippen MR) is 66.7 cm³/mol. The minimum Gasteiger partial charge on any atom is -0.378 e. The number of ether oxygens (including phenoxy) is 1. The molecule has 2 N–H and O–H groups in total. The summed E-state index contributed by atoms with van der Waals surface area (Å²) >= 11 is 0. The molecule has 1 aliphatic heterocycles. The van der Waals surface area contributed by atoms with Crippen LogP contribution in [0.15, 0.2) is 0 Å². The molecule has 0 spiro atoms. The molecule has 94 valence electrons. The van der Waals surface area contributed by atoms with E-state index in [1.54, 1.807) is 0 Å². The van der Waals surface area contributed by atoms with Crippen molar-refractivity contribution in [3.8, 4) is 0 Å². The highest BCUT2D eigenvalue weighted by Crippen LogP contribution is 2.18. The molecule has 1 aliphatic carbocycles. The fourth-order valence-electron chi connectivity index (χ4n) is 2.23. The maximum absolute atomic E-state index is 5.71. The van der Waals surface area contributed by atoms with E-state index in [0.29, 0.717) is 12.1 Å². The van der Waals surface area contributed by atoms with Crippen LogP contribution < -0.4 is 10.6 Å². The van der Waals surface area contributed by atoms with E-state index in [1.807, 2.05) is 0 Å². The Kier molecular flexibility index (Phi) is 5.07. The van der Waals surface area contributed by atoms with Crippen molar-refractivity contribution < 1.29 is 4.74 Å². The molecule has 0 aromatic carbocycles. The maximum atomic E-state index is 5.71. The highest BCUT2D eigenvalue weighted by Gasteiger charge is 2.20. The van der Waals surface area contributed by atoms with Crippen LogP contribution in [0.2, 0.25) is 0 Å². The van der Waals surface area contributed by atoms with Gasteiger partial charge in [-0.25, -0.2) is 0 Å². The number of hydrogen-bond acceptors (Lipinski definition) is 3. The summed E-state index contributed by atoms with van der Waals surface area (Å²) in [7, 11) is 0. The van der Waals surface area contributed by atoms with Gasteiger partial charge in [0.1, 0.15) is 0 Å². The molecule has 0 bridgehead atoms. The minimum atomic E-state index is 0.518. The molecule has 0 amide bonds. The van der Waals surface area contributed by atoms with Gasteiger partial charge in [-0.1, -0.05) is 0 Å². The second-order valence-corrected chi connectivity index (χ2v) is 5.31. The molecule has 2 rings (SSSR count). The highest BCUT2D eigenvalue weighted by molar-refractivity contribution is 4.82. The average Bonchev–Trinajstić information content (AvgIpc) is 3.12. The molecular weight excluding hydrogens is 200 g/mol. The summed E-state index contributed by atoms with van der Waals surface area (Å²) in [6.45, 7) is 5.44. The van der Waals surface area contributed by atoms with Gasteiger partial charge < -0.3 is 15.4 Å². The molecule has 0 aromatic heterocycles. The lowest BCUT2D eigenvalue weighted by atomic mass is 10.1. The van der Waals surface area contributed by atoms with Crippen LogP contribution in [0.4, 0.5) is 0 Å². The zero-order valence-electron chi connectivity index (χ0n) is 10.5. The molecule has 1 saturated heterocycles. The summed E-state index contributed by atoms with van der Waals surface area (Å²) in [5, 5.41) is 7.12. The average molecular weight is 226 g/mol. The van der Waals surface area contributed by atoms with Crippen LogP contribution in [0.5, 0.6) is 0 Å². The second kappa shape index (κ2) is 6.58. The lowest BCUT2D eigenvalue weighted by Crippen LogP contribution is -2.38. The van der Waals surface area contributed by atoms with Crippen molar-refractivity contribution >= 4 is 0 Å². The summed E-state index contributed by atoms with van der Waals surface area (Å²) in [5.41, 5.74) is 0. The van der Waals surface area contributed by atoms with E-state index < -0.39 is 0 Å². The summed E-state index contributed by atoms with van der Waals surface area (Å²) in [5.74, 6) is 0. The summed E-state index contributed by atoms with van der Waals surface area (Å²) in [4.78, 5) is 0. The Morgan fingerprint density at radius 1 is 1.25 bits per heavy atom. The van der Waals surface area contributed by atoms with Crippen LogP contribution in [0.1, 0.15) is 45.4 Å². The largest absolute Gasteiger partial charge is 0.378 e. The molecule has 3 nitrogen and oxygen atoms in total. The quantitative estimate of drug-likeness (QED) is 0.693. The molecule has 2 aliphatic rings. The van der Waals surface area contributed by atoms with Gasteiger partial charge in [-0.05, 0) is 52.0 Å². The van der Waals surface area contributed by atoms with Crippen molar-refractivity contribution in [3.63, 3.8) is 0 Å². The lowest BCUT2D eigenvalue weighted by Gasteiger charge is -2.23. The van der Waals surface area contributed by atoms with Gasteiger partial charge in [0.05, 0.1) is 6.10 Å². The predicted octanol–water partition coefficient (Wildman–Crippen LogP) is 1.68. The number of rotatable bonds is 7. The van der Waals surface area contributed by atoms with Gasteiger partial charge in [0.2, 0.25) is 0 Å². The molecule has 2 unspecified atom stereocenters. The molecule has 2 fully saturated rings. The topological polar surface area (TPSA) is 33.3 Å². The normalized spacial score (nSPS) is 27.9. The highest BCUT2D eigenvalue weighted by atomic mass is 16.5. The first-order valence-electron chi connectivity index (χ1n) is 6.93. The molecule has 1 heterocycles. The van der Waals surface area contributed by atoms with Crippen molar-refractivity contribution in [2.75, 3.05) is 19.7 Å². The van der Waals surface area contributed by atoms with Gasteiger partial charge in [0.15, 0.2) is 0 Å². The monoisotopic (exact) mass is 226 g/mol. The van der Waals surface area contributed by atoms with Crippen LogP contribution >= 0.6 is 0 Å². The Balaban J connectivity index is 1.45. The molecule has 2 atom stereocenters. The van der Waals surface area contributed by atoms with Gasteiger partial charge in [-0.15, -0.1) is 0 Å². The standard InChI is InChI=1S/C13H26N2O/c1-11(10-15-12-5-6-12)14-8-7-13-4-2-3-9-16-13/h11-15H,2-10H2,1H3. The van der Waals surface area contributed by atoms with E-state index in [2.05, 4.69) is 17.6 Å². The number of hydrogen-bond donors (Lipinski definition) is 2. The summed E-state index contributed by atoms with van der Waals surface area (Å²) in [6, 6.07) is 1.41. The lowest BCUT2D eigenvalue weighted by molar-refractivity contribution is 0.0113. The number of nitrogens with one attached hydrogen (secondary N) is 2. The summed E-state index contributed by atoms with van der Waals surface area (Å²) < 4.78 is 5.71. The third kappa shape index (κ3) is 4.81. The Hall–Kier alpha value is -0.120. The first-order valence-corrected chi connectivity index (χ1v) is 6.93. The van der Waals surface area contributed by atoms with Crippen molar-refractivity contribution in [1.82, 2.24) is 10.6 Å². The van der Waals surface area contributed by atoms with Gasteiger partial charge in [-0.2, -0.15) is 0 Å². The fourth-order valence-corrected chi connectivity index (χ4v) is 2.23. The van der Waals surface area contributed by atoms with E-state index in [0.717, 1.165) is 25.7 Å². The van der Waals surface area contributed by atoms with E-state index in [1.165, 1.54) is 38.5 Å². The first kappa shape index (κ1) is 12.3. The van der Waals surface area contributed by atoms with Crippen LogP contribution in [0.3, 0.4) is 0 Å². The van der Waals surface area contributed by atoms with Gasteiger partial charge >= 0.3 is 0 Å². The van der Waals surface area contributed by atoms with E-state index >= 15 is 0 Å². The van der Waals surface area contributed by atoms with Crippen molar-refractivity contribution in [2.45, 2.75) is 63.6 Å². The Labute approximate surface area is 99.3 Å². The van der Waals surface area contributed by atoms with Gasteiger partial charge in [-0.3, -0.25) is 0 Å². The van der Waals surface area contributed by atoms with Crippen LogP contribution in [0, 0.1) is 0 Å². The Bertz CT molecular complexity index is 188. The second-order valence-electron chi connectivity index (χ2n) is 5.31. The molecule has 3 heteroatoms. The third-order valence-electron chi connectivity index (χ3n) is 3.52. The van der Waals surface area contributed by atoms with Crippen LogP contribution in [-0.4, -0.2) is 37.9 Å². The smallest absolute Gasteiger partial charge is 0.0587 e. The van der Waals surface area contributed by atoms with E-state index in [-0.39, 0.29) is 0 Å². The Morgan fingerprint density at radius 3 is 2.81 bits per heavy atom. The summed E-state index contributed by atoms with van der Waals surface area (Å²) in [6.07, 6.45) is 8.31. The van der Waals surface area contributed by atoms with Crippen molar-refractivity contribution in [3.05, 3.63) is 0 Å². The van der Waals surface area contributed by atoms with Crippen LogP contribution in [0.25, 0.3) is 0 Å². The SMILES string of the molecule is CC(CNC1CC1)NCCC1CCCCO1. The molecule has 0 radical (unpaired) electrons. The fraction of sp³-hybridized carbons (Fsp3) is 1.00. The Morgan fingerprint density at radius 2 is 2.12 bits per heavy atom. The molecule has 0 aromatic rings. The zero-order chi connectivity index (χ0) is 11.2. The molecular formula is C13H26N2O. The maximum Gasteiger partial charge on any atom is 0.0587 e. The van der Waals surface area contributed by atoms with E-state index in [9.17, 15) is 0 Å². The minimum absolute atomic E-state index is 0.518.